The van der Waals surface area contributed by atoms with E-state index in [9.17, 15) is 13.2 Å². The Morgan fingerprint density at radius 1 is 0.800 bits per heavy atom. The molecule has 0 aliphatic carbocycles. The van der Waals surface area contributed by atoms with Gasteiger partial charge < -0.3 is 4.90 Å². The van der Waals surface area contributed by atoms with E-state index in [1.54, 1.807) is 36.4 Å². The highest BCUT2D eigenvalue weighted by Gasteiger charge is 2.39. The zero-order valence-corrected chi connectivity index (χ0v) is 21.9. The second kappa shape index (κ2) is 11.5. The van der Waals surface area contributed by atoms with Crippen LogP contribution in [-0.4, -0.2) is 6.54 Å². The molecule has 1 atom stereocenters. The Morgan fingerprint density at radius 3 is 1.97 bits per heavy atom. The van der Waals surface area contributed by atoms with Crippen molar-refractivity contribution >= 4 is 23.0 Å². The van der Waals surface area contributed by atoms with E-state index in [0.717, 1.165) is 17.5 Å². The summed E-state index contributed by atoms with van der Waals surface area (Å²) in [7, 11) is 0. The summed E-state index contributed by atoms with van der Waals surface area (Å²) in [6.07, 6.45) is -3.06. The number of anilines is 2. The summed E-state index contributed by atoms with van der Waals surface area (Å²) in [6.45, 7) is 10.6. The number of rotatable bonds is 9. The van der Waals surface area contributed by atoms with Crippen LogP contribution < -0.4 is 4.90 Å². The van der Waals surface area contributed by atoms with Gasteiger partial charge in [0.1, 0.15) is 0 Å². The second-order valence-corrected chi connectivity index (χ2v) is 10.6. The lowest BCUT2D eigenvalue weighted by Gasteiger charge is -2.32. The van der Waals surface area contributed by atoms with E-state index in [4.69, 9.17) is 11.6 Å². The Balaban J connectivity index is 2.33. The predicted molar refractivity (Wildman–Crippen MR) is 143 cm³/mol. The van der Waals surface area contributed by atoms with Crippen LogP contribution in [0.4, 0.5) is 24.5 Å². The van der Waals surface area contributed by atoms with Crippen molar-refractivity contribution < 1.29 is 13.2 Å². The van der Waals surface area contributed by atoms with Gasteiger partial charge in [-0.2, -0.15) is 13.2 Å². The molecule has 0 aliphatic rings. The van der Waals surface area contributed by atoms with Crippen LogP contribution in [-0.2, 0) is 6.18 Å². The molecule has 0 N–H and O–H groups in total. The highest BCUT2D eigenvalue weighted by molar-refractivity contribution is 6.30. The molecule has 0 fully saturated rings. The maximum Gasteiger partial charge on any atom is 0.418 e. The van der Waals surface area contributed by atoms with Crippen LogP contribution >= 0.6 is 11.6 Å². The first-order chi connectivity index (χ1) is 16.5. The van der Waals surface area contributed by atoms with E-state index in [0.29, 0.717) is 35.2 Å². The maximum absolute atomic E-state index is 14.8. The molecule has 1 unspecified atom stereocenters. The van der Waals surface area contributed by atoms with E-state index in [1.165, 1.54) is 0 Å². The lowest BCUT2D eigenvalue weighted by molar-refractivity contribution is -0.137. The molecule has 0 aliphatic heterocycles. The summed E-state index contributed by atoms with van der Waals surface area (Å²) < 4.78 is 44.5. The van der Waals surface area contributed by atoms with Gasteiger partial charge in [0.15, 0.2) is 0 Å². The first-order valence-electron chi connectivity index (χ1n) is 12.3. The van der Waals surface area contributed by atoms with Crippen molar-refractivity contribution in [3.63, 3.8) is 0 Å². The zero-order chi connectivity index (χ0) is 25.8. The topological polar surface area (TPSA) is 3.24 Å². The minimum Gasteiger partial charge on any atom is -0.341 e. The molecular weight excluding hydrogens is 467 g/mol. The number of hydrogen-bond acceptors (Lipinski definition) is 1. The van der Waals surface area contributed by atoms with Gasteiger partial charge in [0, 0.05) is 17.3 Å². The number of nitrogens with zero attached hydrogens (tertiary/aromatic N) is 1. The molecule has 0 aromatic heterocycles. The standard InChI is InChI=1S/C30H35ClF3N/c1-20(2)15-16-35(26-13-11-25(31)12-14-26)28-19-24(23-9-7-6-8-10-23)18-27(22(5)17-21(3)4)29(28)30(32,33)34/h6-14,18-22H,15-17H2,1-5H3. The van der Waals surface area contributed by atoms with Gasteiger partial charge in [0.05, 0.1) is 11.3 Å². The van der Waals surface area contributed by atoms with Gasteiger partial charge in [0.2, 0.25) is 0 Å². The molecule has 0 heterocycles. The molecule has 3 rings (SSSR count). The lowest BCUT2D eigenvalue weighted by atomic mass is 9.85. The average Bonchev–Trinajstić information content (AvgIpc) is 2.79. The van der Waals surface area contributed by atoms with Crippen LogP contribution in [0.1, 0.15) is 64.5 Å². The predicted octanol–water partition coefficient (Wildman–Crippen LogP) is 10.4. The number of halogens is 4. The number of benzene rings is 3. The maximum atomic E-state index is 14.8. The van der Waals surface area contributed by atoms with Gasteiger partial charge in [-0.25, -0.2) is 0 Å². The Bertz CT molecular complexity index is 1090. The van der Waals surface area contributed by atoms with E-state index < -0.39 is 11.7 Å². The molecule has 35 heavy (non-hydrogen) atoms. The molecule has 0 amide bonds. The lowest BCUT2D eigenvalue weighted by Crippen LogP contribution is -2.25. The van der Waals surface area contributed by atoms with Crippen LogP contribution in [0.2, 0.25) is 5.02 Å². The molecule has 3 aromatic carbocycles. The van der Waals surface area contributed by atoms with Crippen molar-refractivity contribution in [3.8, 4) is 11.1 Å². The van der Waals surface area contributed by atoms with Crippen molar-refractivity contribution in [2.45, 2.75) is 59.6 Å². The van der Waals surface area contributed by atoms with Gasteiger partial charge in [-0.1, -0.05) is 82.6 Å². The fourth-order valence-electron chi connectivity index (χ4n) is 4.59. The SMILES string of the molecule is CC(C)CCN(c1ccc(Cl)cc1)c1cc(-c2ccccc2)cc(C(C)CC(C)C)c1C(F)(F)F. The second-order valence-electron chi connectivity index (χ2n) is 10.2. The Hall–Kier alpha value is -2.46. The van der Waals surface area contributed by atoms with Gasteiger partial charge in [0.25, 0.3) is 0 Å². The zero-order valence-electron chi connectivity index (χ0n) is 21.2. The Morgan fingerprint density at radius 2 is 1.43 bits per heavy atom. The molecular formula is C30H35ClF3N. The number of alkyl halides is 3. The van der Waals surface area contributed by atoms with Crippen molar-refractivity contribution in [2.24, 2.45) is 11.8 Å². The molecule has 0 spiro atoms. The van der Waals surface area contributed by atoms with E-state index in [-0.39, 0.29) is 17.5 Å². The molecule has 3 aromatic rings. The fourth-order valence-corrected chi connectivity index (χ4v) is 4.71. The van der Waals surface area contributed by atoms with Gasteiger partial charge in [-0.3, -0.25) is 0 Å². The first kappa shape index (κ1) is 27.1. The third-order valence-electron chi connectivity index (χ3n) is 6.25. The van der Waals surface area contributed by atoms with E-state index in [1.807, 2.05) is 56.0 Å². The highest BCUT2D eigenvalue weighted by Crippen LogP contribution is 2.47. The third kappa shape index (κ3) is 7.04. The van der Waals surface area contributed by atoms with E-state index >= 15 is 0 Å². The third-order valence-corrected chi connectivity index (χ3v) is 6.51. The minimum atomic E-state index is -4.49. The molecule has 0 saturated carbocycles. The quantitative estimate of drug-likeness (QED) is 0.282. The number of hydrogen-bond donors (Lipinski definition) is 0. The van der Waals surface area contributed by atoms with Crippen molar-refractivity contribution in [2.75, 3.05) is 11.4 Å². The summed E-state index contributed by atoms with van der Waals surface area (Å²) >= 11 is 6.12. The minimum absolute atomic E-state index is 0.201. The van der Waals surface area contributed by atoms with Gasteiger partial charge in [-0.15, -0.1) is 0 Å². The molecule has 0 radical (unpaired) electrons. The van der Waals surface area contributed by atoms with Crippen LogP contribution in [0.25, 0.3) is 11.1 Å². The summed E-state index contributed by atoms with van der Waals surface area (Å²) in [6, 6.07) is 20.2. The van der Waals surface area contributed by atoms with Gasteiger partial charge in [-0.05, 0) is 77.6 Å². The Kier molecular flexibility index (Phi) is 8.93. The normalized spacial score (nSPS) is 12.9. The van der Waals surface area contributed by atoms with Crippen LogP contribution in [0.5, 0.6) is 0 Å². The summed E-state index contributed by atoms with van der Waals surface area (Å²) in [5.74, 6) is 0.380. The molecule has 5 heteroatoms. The van der Waals surface area contributed by atoms with Crippen molar-refractivity contribution in [1.29, 1.82) is 0 Å². The van der Waals surface area contributed by atoms with Crippen molar-refractivity contribution in [1.82, 2.24) is 0 Å². The average molecular weight is 502 g/mol. The monoisotopic (exact) mass is 501 g/mol. The Labute approximate surface area is 212 Å². The van der Waals surface area contributed by atoms with E-state index in [2.05, 4.69) is 13.8 Å². The molecule has 1 nitrogen and oxygen atoms in total. The largest absolute Gasteiger partial charge is 0.418 e. The van der Waals surface area contributed by atoms with Crippen molar-refractivity contribution in [3.05, 3.63) is 82.9 Å². The van der Waals surface area contributed by atoms with Gasteiger partial charge >= 0.3 is 6.18 Å². The first-order valence-corrected chi connectivity index (χ1v) is 12.7. The summed E-state index contributed by atoms with van der Waals surface area (Å²) in [5, 5.41) is 0.554. The fraction of sp³-hybridized carbons (Fsp3) is 0.400. The molecule has 0 saturated heterocycles. The highest BCUT2D eigenvalue weighted by atomic mass is 35.5. The van der Waals surface area contributed by atoms with Crippen LogP contribution in [0, 0.1) is 11.8 Å². The summed E-state index contributed by atoms with van der Waals surface area (Å²) in [5.41, 5.74) is 2.42. The van der Waals surface area contributed by atoms with Crippen LogP contribution in [0.15, 0.2) is 66.7 Å². The smallest absolute Gasteiger partial charge is 0.341 e. The van der Waals surface area contributed by atoms with Crippen LogP contribution in [0.3, 0.4) is 0 Å². The molecule has 0 bridgehead atoms. The molecule has 188 valence electrons. The summed E-state index contributed by atoms with van der Waals surface area (Å²) in [4.78, 5) is 1.82.